The molecule has 2 fully saturated rings. The van der Waals surface area contributed by atoms with Crippen molar-refractivity contribution in [3.8, 4) is 10.6 Å². The van der Waals surface area contributed by atoms with Gasteiger partial charge in [0.25, 0.3) is 5.91 Å². The fraction of sp³-hybridized carbons (Fsp3) is 0.407. The van der Waals surface area contributed by atoms with Gasteiger partial charge in [-0.15, -0.1) is 11.3 Å². The van der Waals surface area contributed by atoms with Crippen molar-refractivity contribution in [2.24, 2.45) is 0 Å². The molecule has 3 heterocycles. The van der Waals surface area contributed by atoms with Crippen LogP contribution in [-0.4, -0.2) is 70.8 Å². The van der Waals surface area contributed by atoms with Gasteiger partial charge in [0.05, 0.1) is 18.8 Å². The topological polar surface area (TPSA) is 65.9 Å². The van der Waals surface area contributed by atoms with Gasteiger partial charge in [0.1, 0.15) is 16.5 Å². The highest BCUT2D eigenvalue weighted by molar-refractivity contribution is 7.13. The van der Waals surface area contributed by atoms with Crippen LogP contribution in [0.1, 0.15) is 34.5 Å². The first-order valence-corrected chi connectivity index (χ1v) is 13.0. The zero-order valence-corrected chi connectivity index (χ0v) is 20.5. The number of aliphatic hydroxyl groups excluding tert-OH is 1. The fourth-order valence-electron chi connectivity index (χ4n) is 5.03. The molecular weight excluding hydrogens is 465 g/mol. The molecule has 0 atom stereocenters. The first-order valence-electron chi connectivity index (χ1n) is 12.1. The summed E-state index contributed by atoms with van der Waals surface area (Å²) in [6, 6.07) is 14.9. The van der Waals surface area contributed by atoms with E-state index in [0.29, 0.717) is 38.4 Å². The van der Waals surface area contributed by atoms with E-state index in [0.717, 1.165) is 47.6 Å². The quantitative estimate of drug-likeness (QED) is 0.560. The first kappa shape index (κ1) is 24.1. The van der Waals surface area contributed by atoms with Crippen molar-refractivity contribution in [3.05, 3.63) is 76.5 Å². The predicted octanol–water partition coefficient (Wildman–Crippen LogP) is 3.99. The summed E-state index contributed by atoms with van der Waals surface area (Å²) in [5, 5.41) is 11.9. The number of nitrogens with zero attached hydrogens (tertiary/aromatic N) is 3. The van der Waals surface area contributed by atoms with E-state index < -0.39 is 0 Å². The average molecular weight is 496 g/mol. The summed E-state index contributed by atoms with van der Waals surface area (Å²) < 4.78 is 20.2. The summed E-state index contributed by atoms with van der Waals surface area (Å²) in [5.41, 5.74) is 2.91. The van der Waals surface area contributed by atoms with E-state index in [1.54, 1.807) is 6.07 Å². The molecule has 5 rings (SSSR count). The number of amides is 1. The number of carbonyl (C=O) groups excluding carboxylic acids is 1. The summed E-state index contributed by atoms with van der Waals surface area (Å²) in [4.78, 5) is 22.0. The molecule has 2 saturated heterocycles. The number of thiazole rings is 1. The van der Waals surface area contributed by atoms with E-state index in [4.69, 9.17) is 4.74 Å². The minimum Gasteiger partial charge on any atom is -0.396 e. The number of aliphatic hydroxyl groups is 1. The molecule has 6 nitrogen and oxygen atoms in total. The van der Waals surface area contributed by atoms with Gasteiger partial charge < -0.3 is 14.7 Å². The van der Waals surface area contributed by atoms with Crippen molar-refractivity contribution in [1.29, 1.82) is 0 Å². The number of benzene rings is 2. The Morgan fingerprint density at radius 2 is 1.89 bits per heavy atom. The second kappa shape index (κ2) is 10.5. The van der Waals surface area contributed by atoms with Crippen LogP contribution in [0.2, 0.25) is 0 Å². The lowest BCUT2D eigenvalue weighted by Gasteiger charge is -2.47. The third-order valence-electron chi connectivity index (χ3n) is 6.87. The van der Waals surface area contributed by atoms with Crippen molar-refractivity contribution in [2.75, 3.05) is 39.4 Å². The zero-order valence-electron chi connectivity index (χ0n) is 19.7. The van der Waals surface area contributed by atoms with Gasteiger partial charge in [-0.1, -0.05) is 36.4 Å². The van der Waals surface area contributed by atoms with Crippen LogP contribution >= 0.6 is 11.3 Å². The van der Waals surface area contributed by atoms with Crippen LogP contribution in [0.15, 0.2) is 53.9 Å². The van der Waals surface area contributed by atoms with E-state index in [2.05, 4.69) is 9.88 Å². The third kappa shape index (κ3) is 5.62. The van der Waals surface area contributed by atoms with Crippen molar-refractivity contribution < 1.29 is 19.0 Å². The minimum absolute atomic E-state index is 0.0101. The second-order valence-electron chi connectivity index (χ2n) is 9.38. The van der Waals surface area contributed by atoms with Crippen molar-refractivity contribution in [2.45, 2.75) is 31.4 Å². The van der Waals surface area contributed by atoms with E-state index in [1.807, 2.05) is 46.7 Å². The molecule has 0 bridgehead atoms. The molecule has 35 heavy (non-hydrogen) atoms. The molecular formula is C27H30FN3O3S. The molecule has 0 saturated carbocycles. The maximum absolute atomic E-state index is 14.0. The highest BCUT2D eigenvalue weighted by Crippen LogP contribution is 2.32. The van der Waals surface area contributed by atoms with Crippen LogP contribution in [0.4, 0.5) is 4.39 Å². The number of likely N-dealkylation sites (tertiary alicyclic amines) is 1. The molecule has 1 amide bonds. The van der Waals surface area contributed by atoms with E-state index >= 15 is 0 Å². The molecule has 1 aromatic heterocycles. The molecule has 0 radical (unpaired) electrons. The van der Waals surface area contributed by atoms with Crippen LogP contribution in [0, 0.1) is 5.82 Å². The number of aromatic nitrogens is 1. The number of morpholine rings is 1. The predicted molar refractivity (Wildman–Crippen MR) is 134 cm³/mol. The molecule has 1 N–H and O–H groups in total. The lowest BCUT2D eigenvalue weighted by molar-refractivity contribution is -0.128. The Kier molecular flexibility index (Phi) is 7.24. The summed E-state index contributed by atoms with van der Waals surface area (Å²) >= 11 is 1.49. The molecule has 2 aliphatic rings. The lowest BCUT2D eigenvalue weighted by atomic mass is 9.89. The summed E-state index contributed by atoms with van der Waals surface area (Å²) in [5.74, 6) is -0.300. The SMILES string of the molecule is O=C(c1csc(-c2ccccc2)n1)N1CCOC2(CCN(Cc3cc(F)cc(CCO)c3)CC2)C1. The second-order valence-corrected chi connectivity index (χ2v) is 10.2. The number of piperidine rings is 1. The fourth-order valence-corrected chi connectivity index (χ4v) is 5.83. The largest absolute Gasteiger partial charge is 0.396 e. The van der Waals surface area contributed by atoms with Crippen molar-refractivity contribution >= 4 is 17.2 Å². The van der Waals surface area contributed by atoms with Crippen molar-refractivity contribution in [3.63, 3.8) is 0 Å². The Hall–Kier alpha value is -2.65. The summed E-state index contributed by atoms with van der Waals surface area (Å²) in [6.07, 6.45) is 2.10. The van der Waals surface area contributed by atoms with Gasteiger partial charge in [-0.25, -0.2) is 9.37 Å². The van der Waals surface area contributed by atoms with Gasteiger partial charge in [-0.2, -0.15) is 0 Å². The maximum atomic E-state index is 14.0. The number of hydrogen-bond donors (Lipinski definition) is 1. The van der Waals surface area contributed by atoms with Gasteiger partial charge >= 0.3 is 0 Å². The van der Waals surface area contributed by atoms with Gasteiger partial charge in [0.15, 0.2) is 0 Å². The van der Waals surface area contributed by atoms with E-state index in [9.17, 15) is 14.3 Å². The Labute approximate surface area is 209 Å². The third-order valence-corrected chi connectivity index (χ3v) is 7.76. The summed E-state index contributed by atoms with van der Waals surface area (Å²) in [6.45, 7) is 3.98. The van der Waals surface area contributed by atoms with Crippen LogP contribution in [0.3, 0.4) is 0 Å². The van der Waals surface area contributed by atoms with Crippen LogP contribution < -0.4 is 0 Å². The highest BCUT2D eigenvalue weighted by Gasteiger charge is 2.41. The number of rotatable bonds is 6. The maximum Gasteiger partial charge on any atom is 0.273 e. The van der Waals surface area contributed by atoms with Crippen LogP contribution in [0.5, 0.6) is 0 Å². The number of hydrogen-bond acceptors (Lipinski definition) is 6. The van der Waals surface area contributed by atoms with Gasteiger partial charge in [0, 0.05) is 43.7 Å². The van der Waals surface area contributed by atoms with Gasteiger partial charge in [0.2, 0.25) is 0 Å². The number of ether oxygens (including phenoxy) is 1. The molecule has 0 unspecified atom stereocenters. The summed E-state index contributed by atoms with van der Waals surface area (Å²) in [7, 11) is 0. The number of halogens is 1. The lowest BCUT2D eigenvalue weighted by Crippen LogP contribution is -2.58. The van der Waals surface area contributed by atoms with E-state index in [-0.39, 0.29) is 23.9 Å². The molecule has 2 aliphatic heterocycles. The van der Waals surface area contributed by atoms with E-state index in [1.165, 1.54) is 17.4 Å². The average Bonchev–Trinajstić information content (AvgIpc) is 3.36. The standard InChI is InChI=1S/C27H30FN3O3S/c28-23-15-20(6-12-32)14-21(16-23)17-30-9-7-27(8-10-30)19-31(11-13-34-27)26(33)24-18-35-25(29-24)22-4-2-1-3-5-22/h1-5,14-16,18,32H,6-13,17,19H2. The Balaban J connectivity index is 1.20. The Morgan fingerprint density at radius 3 is 2.66 bits per heavy atom. The first-order chi connectivity index (χ1) is 17.0. The van der Waals surface area contributed by atoms with Crippen molar-refractivity contribution in [1.82, 2.24) is 14.8 Å². The molecule has 8 heteroatoms. The molecule has 2 aromatic carbocycles. The molecule has 184 valence electrons. The monoisotopic (exact) mass is 495 g/mol. The molecule has 1 spiro atoms. The Bertz CT molecular complexity index is 1160. The smallest absolute Gasteiger partial charge is 0.273 e. The number of carbonyl (C=O) groups is 1. The minimum atomic E-state index is -0.341. The highest BCUT2D eigenvalue weighted by atomic mass is 32.1. The zero-order chi connectivity index (χ0) is 24.3. The van der Waals surface area contributed by atoms with Crippen LogP contribution in [0.25, 0.3) is 10.6 Å². The normalized spacial score (nSPS) is 18.2. The Morgan fingerprint density at radius 1 is 1.11 bits per heavy atom. The van der Waals surface area contributed by atoms with Gasteiger partial charge in [-0.05, 0) is 42.5 Å². The van der Waals surface area contributed by atoms with Gasteiger partial charge in [-0.3, -0.25) is 9.69 Å². The molecule has 0 aliphatic carbocycles. The van der Waals surface area contributed by atoms with Crippen LogP contribution in [-0.2, 0) is 17.7 Å². The molecule has 3 aromatic rings.